The monoisotopic (exact) mass is 241 g/mol. The number of ether oxygens (including phenoxy) is 2. The van der Waals surface area contributed by atoms with Crippen molar-refractivity contribution in [1.82, 2.24) is 5.32 Å². The number of rotatable bonds is 7. The van der Waals surface area contributed by atoms with Gasteiger partial charge < -0.3 is 14.8 Å². The summed E-state index contributed by atoms with van der Waals surface area (Å²) < 4.78 is 10.2. The van der Waals surface area contributed by atoms with Gasteiger partial charge in [-0.2, -0.15) is 0 Å². The van der Waals surface area contributed by atoms with Crippen molar-refractivity contribution >= 4 is 0 Å². The van der Waals surface area contributed by atoms with Gasteiger partial charge in [0.25, 0.3) is 0 Å². The maximum atomic E-state index is 5.40. The second-order valence-electron chi connectivity index (χ2n) is 2.48. The largest absolute Gasteiger partial charge is 0.382 e. The molecular weight excluding hydrogens is 202 g/mol. The van der Waals surface area contributed by atoms with Crippen LogP contribution in [0.25, 0.3) is 0 Å². The van der Waals surface area contributed by atoms with E-state index < -0.39 is 0 Å². The molecule has 0 bridgehead atoms. The molecule has 16 heavy (non-hydrogen) atoms. The average Bonchev–Trinajstić information content (AvgIpc) is 2.01. The fraction of sp³-hybridized carbons (Fsp3) is 1.00. The van der Waals surface area contributed by atoms with Gasteiger partial charge in [-0.15, -0.1) is 0 Å². The predicted molar refractivity (Wildman–Crippen MR) is 79.5 cm³/mol. The Balaban J connectivity index is -0.0000000500. The lowest BCUT2D eigenvalue weighted by Crippen LogP contribution is -2.27. The first-order valence-corrected chi connectivity index (χ1v) is 4.12. The SMILES string of the molecule is C.C.C.C.C.CCNCC(C)OCCOC. The highest BCUT2D eigenvalue weighted by molar-refractivity contribution is 4.52. The van der Waals surface area contributed by atoms with Gasteiger partial charge in [0.1, 0.15) is 0 Å². The van der Waals surface area contributed by atoms with Gasteiger partial charge >= 0.3 is 0 Å². The van der Waals surface area contributed by atoms with Crippen LogP contribution in [0.2, 0.25) is 0 Å². The lowest BCUT2D eigenvalue weighted by molar-refractivity contribution is 0.0270. The van der Waals surface area contributed by atoms with Gasteiger partial charge in [-0.1, -0.05) is 44.1 Å². The van der Waals surface area contributed by atoms with Gasteiger partial charge in [0, 0.05) is 13.7 Å². The van der Waals surface area contributed by atoms with Crippen LogP contribution in [-0.2, 0) is 9.47 Å². The smallest absolute Gasteiger partial charge is 0.0704 e. The van der Waals surface area contributed by atoms with Gasteiger partial charge in [0.05, 0.1) is 19.3 Å². The molecule has 0 aromatic carbocycles. The Labute approximate surface area is 106 Å². The van der Waals surface area contributed by atoms with Crippen LogP contribution in [0.4, 0.5) is 0 Å². The molecular formula is C13H39NO2. The minimum Gasteiger partial charge on any atom is -0.382 e. The second kappa shape index (κ2) is 29.4. The molecule has 3 nitrogen and oxygen atoms in total. The number of nitrogens with one attached hydrogen (secondary N) is 1. The average molecular weight is 241 g/mol. The molecule has 0 aromatic heterocycles. The molecule has 108 valence electrons. The van der Waals surface area contributed by atoms with E-state index in [9.17, 15) is 0 Å². The summed E-state index contributed by atoms with van der Waals surface area (Å²) in [5.74, 6) is 0. The molecule has 0 amide bonds. The third-order valence-corrected chi connectivity index (χ3v) is 1.37. The van der Waals surface area contributed by atoms with Crippen molar-refractivity contribution in [1.29, 1.82) is 0 Å². The summed E-state index contributed by atoms with van der Waals surface area (Å²) in [6, 6.07) is 0. The van der Waals surface area contributed by atoms with Crippen LogP contribution in [0.15, 0.2) is 0 Å². The molecule has 0 rings (SSSR count). The molecule has 1 N–H and O–H groups in total. The van der Waals surface area contributed by atoms with Gasteiger partial charge in [-0.05, 0) is 13.5 Å². The first kappa shape index (κ1) is 36.0. The summed E-state index contributed by atoms with van der Waals surface area (Å²) in [6.45, 7) is 7.41. The fourth-order valence-electron chi connectivity index (χ4n) is 0.739. The van der Waals surface area contributed by atoms with E-state index in [4.69, 9.17) is 9.47 Å². The molecule has 0 aliphatic heterocycles. The van der Waals surface area contributed by atoms with Gasteiger partial charge in [-0.3, -0.25) is 0 Å². The van der Waals surface area contributed by atoms with Gasteiger partial charge in [-0.25, -0.2) is 0 Å². The zero-order valence-electron chi connectivity index (χ0n) is 7.72. The summed E-state index contributed by atoms with van der Waals surface area (Å²) in [5.41, 5.74) is 0. The first-order valence-electron chi connectivity index (χ1n) is 4.12. The molecule has 1 atom stereocenters. The van der Waals surface area contributed by atoms with E-state index in [0.717, 1.165) is 13.1 Å². The molecule has 3 heteroatoms. The topological polar surface area (TPSA) is 30.5 Å². The minimum atomic E-state index is 0. The fourth-order valence-corrected chi connectivity index (χ4v) is 0.739. The standard InChI is InChI=1S/C8H19NO2.5CH4/c1-4-9-7-8(2)11-6-5-10-3;;;;;/h8-9H,4-7H2,1-3H3;5*1H4. The number of likely N-dealkylation sites (N-methyl/N-ethyl adjacent to an activating group) is 1. The van der Waals surface area contributed by atoms with Crippen LogP contribution in [0, 0.1) is 0 Å². The van der Waals surface area contributed by atoms with Crippen molar-refractivity contribution in [3.63, 3.8) is 0 Å². The molecule has 0 saturated heterocycles. The lowest BCUT2D eigenvalue weighted by Gasteiger charge is -2.12. The minimum absolute atomic E-state index is 0. The van der Waals surface area contributed by atoms with E-state index in [0.29, 0.717) is 13.2 Å². The van der Waals surface area contributed by atoms with Crippen molar-refractivity contribution in [3.05, 3.63) is 0 Å². The zero-order valence-corrected chi connectivity index (χ0v) is 7.72. The van der Waals surface area contributed by atoms with E-state index in [1.165, 1.54) is 0 Å². The molecule has 0 aromatic rings. The normalized spacial score (nSPS) is 9.19. The predicted octanol–water partition coefficient (Wildman–Crippen LogP) is 3.83. The molecule has 1 unspecified atom stereocenters. The van der Waals surface area contributed by atoms with E-state index >= 15 is 0 Å². The van der Waals surface area contributed by atoms with Crippen molar-refractivity contribution in [2.45, 2.75) is 57.1 Å². The van der Waals surface area contributed by atoms with Crippen LogP contribution in [-0.4, -0.2) is 39.5 Å². The number of hydrogen-bond acceptors (Lipinski definition) is 3. The Kier molecular flexibility index (Phi) is 66.1. The maximum Gasteiger partial charge on any atom is 0.0704 e. The Morgan fingerprint density at radius 2 is 1.50 bits per heavy atom. The highest BCUT2D eigenvalue weighted by Gasteiger charge is 1.98. The van der Waals surface area contributed by atoms with Crippen molar-refractivity contribution in [2.24, 2.45) is 0 Å². The van der Waals surface area contributed by atoms with Crippen molar-refractivity contribution in [3.8, 4) is 0 Å². The molecule has 0 aliphatic carbocycles. The Bertz CT molecular complexity index is 80.3. The van der Waals surface area contributed by atoms with E-state index in [1.807, 2.05) is 0 Å². The van der Waals surface area contributed by atoms with E-state index in [-0.39, 0.29) is 43.2 Å². The summed E-state index contributed by atoms with van der Waals surface area (Å²) in [5, 5.41) is 3.21. The Morgan fingerprint density at radius 1 is 1.00 bits per heavy atom. The van der Waals surface area contributed by atoms with E-state index in [1.54, 1.807) is 7.11 Å². The quantitative estimate of drug-likeness (QED) is 0.687. The molecule has 0 radical (unpaired) electrons. The number of hydrogen-bond donors (Lipinski definition) is 1. The summed E-state index contributed by atoms with van der Waals surface area (Å²) >= 11 is 0. The summed E-state index contributed by atoms with van der Waals surface area (Å²) in [4.78, 5) is 0. The second-order valence-corrected chi connectivity index (χ2v) is 2.48. The van der Waals surface area contributed by atoms with Crippen molar-refractivity contribution < 1.29 is 9.47 Å². The molecule has 0 heterocycles. The van der Waals surface area contributed by atoms with Crippen LogP contribution in [0.3, 0.4) is 0 Å². The zero-order chi connectivity index (χ0) is 8.53. The molecule has 0 fully saturated rings. The maximum absolute atomic E-state index is 5.40. The highest BCUT2D eigenvalue weighted by atomic mass is 16.5. The van der Waals surface area contributed by atoms with Crippen LogP contribution < -0.4 is 5.32 Å². The number of methoxy groups -OCH3 is 1. The molecule has 0 spiro atoms. The van der Waals surface area contributed by atoms with E-state index in [2.05, 4.69) is 19.2 Å². The molecule has 0 aliphatic rings. The first-order chi connectivity index (χ1) is 5.31. The summed E-state index contributed by atoms with van der Waals surface area (Å²) in [6.07, 6.45) is 0.282. The van der Waals surface area contributed by atoms with Gasteiger partial charge in [0.2, 0.25) is 0 Å². The lowest BCUT2D eigenvalue weighted by atomic mass is 10.4. The highest BCUT2D eigenvalue weighted by Crippen LogP contribution is 1.87. The summed E-state index contributed by atoms with van der Waals surface area (Å²) in [7, 11) is 1.68. The molecule has 0 saturated carbocycles. The van der Waals surface area contributed by atoms with Crippen LogP contribution >= 0.6 is 0 Å². The Hall–Kier alpha value is -0.120. The Morgan fingerprint density at radius 3 is 1.88 bits per heavy atom. The third-order valence-electron chi connectivity index (χ3n) is 1.37. The van der Waals surface area contributed by atoms with Crippen LogP contribution in [0.5, 0.6) is 0 Å². The van der Waals surface area contributed by atoms with Crippen molar-refractivity contribution in [2.75, 3.05) is 33.4 Å². The van der Waals surface area contributed by atoms with Crippen LogP contribution in [0.1, 0.15) is 51.0 Å². The third kappa shape index (κ3) is 29.2. The van der Waals surface area contributed by atoms with Gasteiger partial charge in [0.15, 0.2) is 0 Å².